The lowest BCUT2D eigenvalue weighted by atomic mass is 9.83. The van der Waals surface area contributed by atoms with Gasteiger partial charge in [0.1, 0.15) is 24.0 Å². The molecule has 3 aromatic rings. The van der Waals surface area contributed by atoms with Crippen molar-refractivity contribution in [2.45, 2.75) is 62.7 Å². The summed E-state index contributed by atoms with van der Waals surface area (Å²) in [6.07, 6.45) is 1.66. The van der Waals surface area contributed by atoms with Gasteiger partial charge >= 0.3 is 12.1 Å². The number of carbonyl (C=O) groups excluding carboxylic acids is 1. The Balaban J connectivity index is 1.28. The van der Waals surface area contributed by atoms with Crippen molar-refractivity contribution in [1.82, 2.24) is 25.1 Å². The van der Waals surface area contributed by atoms with Gasteiger partial charge in [-0.25, -0.2) is 4.98 Å². The molecule has 44 heavy (non-hydrogen) atoms. The largest absolute Gasteiger partial charge is 0.480 e. The zero-order chi connectivity index (χ0) is 30.7. The Morgan fingerprint density at radius 2 is 1.91 bits per heavy atom. The van der Waals surface area contributed by atoms with Gasteiger partial charge < -0.3 is 19.7 Å². The number of fused-ring (bicyclic) bond motifs is 1. The van der Waals surface area contributed by atoms with Crippen molar-refractivity contribution in [3.05, 3.63) is 69.9 Å². The first-order valence-electron chi connectivity index (χ1n) is 15.0. The van der Waals surface area contributed by atoms with Gasteiger partial charge in [-0.05, 0) is 79.1 Å². The van der Waals surface area contributed by atoms with Crippen LogP contribution in [0.1, 0.15) is 94.1 Å². The number of halogens is 3. The van der Waals surface area contributed by atoms with Crippen LogP contribution in [0.25, 0.3) is 0 Å². The van der Waals surface area contributed by atoms with Crippen molar-refractivity contribution in [2.75, 3.05) is 24.7 Å². The second-order valence-corrected chi connectivity index (χ2v) is 12.5. The topological polar surface area (TPSA) is 122 Å². The first-order valence-corrected chi connectivity index (χ1v) is 15.0. The maximum Gasteiger partial charge on any atom is 0.416 e. The molecule has 1 aromatic carbocycles. The molecular weight excluding hydrogens is 577 g/mol. The second kappa shape index (κ2) is 11.0. The summed E-state index contributed by atoms with van der Waals surface area (Å²) >= 11 is 0. The molecular formula is C31H33F3N6O4. The van der Waals surface area contributed by atoms with Crippen LogP contribution in [-0.2, 0) is 29.3 Å². The fraction of sp³-hybridized carbons (Fsp3) is 0.516. The zero-order valence-corrected chi connectivity index (χ0v) is 24.2. The van der Waals surface area contributed by atoms with Crippen LogP contribution in [0.3, 0.4) is 0 Å². The van der Waals surface area contributed by atoms with E-state index >= 15 is 0 Å². The Morgan fingerprint density at radius 1 is 1.14 bits per heavy atom. The maximum atomic E-state index is 14.5. The number of aromatic nitrogens is 4. The first-order chi connectivity index (χ1) is 21.1. The number of nitrogens with zero attached hydrogens (tertiary/aromatic N) is 5. The van der Waals surface area contributed by atoms with Crippen LogP contribution < -0.4 is 10.2 Å². The van der Waals surface area contributed by atoms with Gasteiger partial charge in [0.15, 0.2) is 0 Å². The third-order valence-electron chi connectivity index (χ3n) is 9.43. The van der Waals surface area contributed by atoms with Crippen molar-refractivity contribution >= 4 is 17.7 Å². The average molecular weight is 611 g/mol. The number of anilines is 1. The van der Waals surface area contributed by atoms with E-state index in [0.29, 0.717) is 25.7 Å². The number of benzene rings is 1. The highest BCUT2D eigenvalue weighted by Crippen LogP contribution is 2.45. The minimum Gasteiger partial charge on any atom is -0.480 e. The molecule has 0 unspecified atom stereocenters. The summed E-state index contributed by atoms with van der Waals surface area (Å²) in [5.74, 6) is -0.514. The molecule has 1 amide bonds. The number of hydrogen-bond donors (Lipinski definition) is 2. The van der Waals surface area contributed by atoms with E-state index in [-0.39, 0.29) is 46.8 Å². The van der Waals surface area contributed by atoms with E-state index in [2.05, 4.69) is 15.5 Å². The van der Waals surface area contributed by atoms with Gasteiger partial charge in [0.05, 0.1) is 31.2 Å². The summed E-state index contributed by atoms with van der Waals surface area (Å²) in [5, 5.41) is 21.3. The van der Waals surface area contributed by atoms with Crippen molar-refractivity contribution < 1.29 is 32.6 Å². The fourth-order valence-corrected chi connectivity index (χ4v) is 6.48. The Hall–Kier alpha value is -3.84. The van der Waals surface area contributed by atoms with Crippen molar-refractivity contribution in [1.29, 1.82) is 0 Å². The highest BCUT2D eigenvalue weighted by molar-refractivity contribution is 6.10. The Kier molecular flexibility index (Phi) is 7.19. The van der Waals surface area contributed by atoms with Crippen LogP contribution in [0.2, 0.25) is 0 Å². The lowest BCUT2D eigenvalue weighted by Gasteiger charge is -2.34. The number of carbonyl (C=O) groups is 2. The Labute approximate surface area is 251 Å². The summed E-state index contributed by atoms with van der Waals surface area (Å²) in [4.78, 5) is 32.2. The van der Waals surface area contributed by atoms with Crippen molar-refractivity contribution in [3.63, 3.8) is 0 Å². The van der Waals surface area contributed by atoms with Crippen molar-refractivity contribution in [3.8, 4) is 0 Å². The normalized spacial score (nSPS) is 20.3. The van der Waals surface area contributed by atoms with Gasteiger partial charge in [0, 0.05) is 30.1 Å². The van der Waals surface area contributed by atoms with E-state index in [1.807, 2.05) is 17.7 Å². The SMILES string of the molecule is Cn1cnnc1[C@H](c1cc(C2CC2)nc(N2Cc3c(cc([C@H](NCC4CCC4)C(=O)O)cc3C(F)(F)F)C2=O)c1)C1COC1. The number of alkyl halides is 3. The quantitative estimate of drug-likeness (QED) is 0.343. The number of amides is 1. The molecule has 2 aliphatic heterocycles. The number of ether oxygens (including phenoxy) is 1. The predicted octanol–water partition coefficient (Wildman–Crippen LogP) is 4.56. The molecule has 10 nitrogen and oxygen atoms in total. The first kappa shape index (κ1) is 28.9. The van der Waals surface area contributed by atoms with Crippen LogP contribution in [0.4, 0.5) is 19.0 Å². The standard InChI is InChI=1S/C31H33F3N6O4/c1-39-15-36-38-28(39)26(20-13-44-14-20)18-9-24(17-5-6-17)37-25(10-18)40-12-22-21(29(40)41)7-19(8-23(22)31(32,33)34)27(30(42)43)35-11-16-3-2-4-16/h7-10,15-17,20,26-27,35H,2-6,11-14H2,1H3,(H,42,43)/t26-,27+/m1/s1. The number of carboxylic acids is 1. The van der Waals surface area contributed by atoms with Gasteiger partial charge in [-0.1, -0.05) is 6.42 Å². The zero-order valence-electron chi connectivity index (χ0n) is 24.2. The minimum absolute atomic E-state index is 0.0918. The van der Waals surface area contributed by atoms with Gasteiger partial charge in [-0.3, -0.25) is 14.5 Å². The molecule has 0 spiro atoms. The van der Waals surface area contributed by atoms with Gasteiger partial charge in [-0.2, -0.15) is 13.2 Å². The van der Waals surface area contributed by atoms with Crippen LogP contribution in [0.15, 0.2) is 30.6 Å². The molecule has 2 aromatic heterocycles. The van der Waals surface area contributed by atoms with E-state index < -0.39 is 29.7 Å². The summed E-state index contributed by atoms with van der Waals surface area (Å²) in [7, 11) is 1.86. The van der Waals surface area contributed by atoms with Gasteiger partial charge in [0.2, 0.25) is 0 Å². The molecule has 1 saturated heterocycles. The van der Waals surface area contributed by atoms with E-state index in [4.69, 9.17) is 9.72 Å². The predicted molar refractivity (Wildman–Crippen MR) is 151 cm³/mol. The number of pyridine rings is 1. The van der Waals surface area contributed by atoms with Crippen LogP contribution in [0, 0.1) is 11.8 Å². The highest BCUT2D eigenvalue weighted by atomic mass is 19.4. The summed E-state index contributed by atoms with van der Waals surface area (Å²) in [6, 6.07) is 4.59. The average Bonchev–Trinajstić information content (AvgIpc) is 3.62. The van der Waals surface area contributed by atoms with E-state index in [1.54, 1.807) is 12.4 Å². The third-order valence-corrected chi connectivity index (χ3v) is 9.43. The van der Waals surface area contributed by atoms with E-state index in [1.165, 1.54) is 11.0 Å². The molecule has 3 fully saturated rings. The second-order valence-electron chi connectivity index (χ2n) is 12.5. The molecule has 0 radical (unpaired) electrons. The summed E-state index contributed by atoms with van der Waals surface area (Å²) in [6.45, 7) is 1.12. The highest BCUT2D eigenvalue weighted by Gasteiger charge is 2.43. The number of carboxylic acid groups (broad SMARTS) is 1. The number of rotatable bonds is 10. The van der Waals surface area contributed by atoms with E-state index in [0.717, 1.165) is 55.3 Å². The molecule has 2 atom stereocenters. The Morgan fingerprint density at radius 3 is 2.48 bits per heavy atom. The Bertz CT molecular complexity index is 1610. The monoisotopic (exact) mass is 610 g/mol. The number of aryl methyl sites for hydroxylation is 1. The summed E-state index contributed by atoms with van der Waals surface area (Å²) in [5.41, 5.74) is 0.228. The molecule has 2 aliphatic carbocycles. The molecule has 232 valence electrons. The lowest BCUT2D eigenvalue weighted by Crippen LogP contribution is -2.35. The number of hydrogen-bond acceptors (Lipinski definition) is 7. The van der Waals surface area contributed by atoms with Gasteiger partial charge in [0.25, 0.3) is 5.91 Å². The third kappa shape index (κ3) is 5.25. The van der Waals surface area contributed by atoms with Crippen LogP contribution in [-0.4, -0.2) is 56.5 Å². The smallest absolute Gasteiger partial charge is 0.416 e. The van der Waals surface area contributed by atoms with Gasteiger partial charge in [-0.15, -0.1) is 10.2 Å². The fourth-order valence-electron chi connectivity index (χ4n) is 6.48. The molecule has 2 N–H and O–H groups in total. The molecule has 0 bridgehead atoms. The molecule has 4 heterocycles. The number of aliphatic carboxylic acids is 1. The maximum absolute atomic E-state index is 14.5. The molecule has 13 heteroatoms. The number of nitrogens with one attached hydrogen (secondary N) is 1. The minimum atomic E-state index is -4.79. The van der Waals surface area contributed by atoms with Crippen LogP contribution >= 0.6 is 0 Å². The van der Waals surface area contributed by atoms with E-state index in [9.17, 15) is 27.9 Å². The summed E-state index contributed by atoms with van der Waals surface area (Å²) < 4.78 is 50.7. The molecule has 2 saturated carbocycles. The van der Waals surface area contributed by atoms with Crippen molar-refractivity contribution in [2.24, 2.45) is 18.9 Å². The molecule has 4 aliphatic rings. The molecule has 7 rings (SSSR count). The van der Waals surface area contributed by atoms with Crippen LogP contribution in [0.5, 0.6) is 0 Å². The lowest BCUT2D eigenvalue weighted by molar-refractivity contribution is -0.141.